The number of benzene rings is 1. The van der Waals surface area contributed by atoms with Crippen LogP contribution in [0.3, 0.4) is 0 Å². The highest BCUT2D eigenvalue weighted by atomic mass is 79.9. The predicted molar refractivity (Wildman–Crippen MR) is 74.5 cm³/mol. The number of carbonyl (C=O) groups excluding carboxylic acids is 1. The van der Waals surface area contributed by atoms with Crippen LogP contribution in [0.2, 0.25) is 0 Å². The van der Waals surface area contributed by atoms with Crippen LogP contribution in [0.25, 0.3) is 0 Å². The zero-order valence-electron chi connectivity index (χ0n) is 10.3. The molecule has 1 aromatic carbocycles. The first-order chi connectivity index (χ1) is 8.67. The van der Waals surface area contributed by atoms with E-state index in [-0.39, 0.29) is 18.6 Å². The third-order valence-electron chi connectivity index (χ3n) is 3.24. The molecule has 0 radical (unpaired) electrons. The Bertz CT molecular complexity index is 451. The van der Waals surface area contributed by atoms with Gasteiger partial charge in [-0.1, -0.05) is 28.9 Å². The number of carbonyl (C=O) groups is 1. The smallest absolute Gasteiger partial charge is 0.242 e. The van der Waals surface area contributed by atoms with Crippen LogP contribution in [-0.4, -0.2) is 30.1 Å². The maximum absolute atomic E-state index is 11.9. The first-order valence-corrected chi connectivity index (χ1v) is 6.90. The van der Waals surface area contributed by atoms with E-state index in [1.165, 1.54) is 0 Å². The lowest BCUT2D eigenvalue weighted by Gasteiger charge is -2.37. The van der Waals surface area contributed by atoms with E-state index in [0.29, 0.717) is 6.54 Å². The quantitative estimate of drug-likeness (QED) is 0.892. The van der Waals surface area contributed by atoms with Crippen LogP contribution in [0.4, 0.5) is 5.69 Å². The maximum Gasteiger partial charge on any atom is 0.242 e. The summed E-state index contributed by atoms with van der Waals surface area (Å²) < 4.78 is 0.954. The number of rotatable bonds is 3. The molecular weight excluding hydrogens is 296 g/mol. The Kier molecular flexibility index (Phi) is 4.24. The lowest BCUT2D eigenvalue weighted by molar-refractivity contribution is -0.123. The summed E-state index contributed by atoms with van der Waals surface area (Å²) in [5.74, 6) is 0.0626. The second kappa shape index (κ2) is 5.71. The standard InChI is InChI=1S/C13H17BrN2O2/c1-2-11-13(18)15-5-6-16(11)12-7-10(14)4-3-9(12)8-17/h3-4,7,11,17H,2,5-6,8H2,1H3,(H,15,18). The van der Waals surface area contributed by atoms with Crippen molar-refractivity contribution in [2.24, 2.45) is 0 Å². The first kappa shape index (κ1) is 13.4. The molecule has 18 heavy (non-hydrogen) atoms. The number of amides is 1. The van der Waals surface area contributed by atoms with Gasteiger partial charge in [-0.3, -0.25) is 4.79 Å². The summed E-state index contributed by atoms with van der Waals surface area (Å²) in [4.78, 5) is 13.9. The van der Waals surface area contributed by atoms with E-state index in [4.69, 9.17) is 0 Å². The zero-order chi connectivity index (χ0) is 13.1. The molecular formula is C13H17BrN2O2. The fraction of sp³-hybridized carbons (Fsp3) is 0.462. The number of nitrogens with zero attached hydrogens (tertiary/aromatic N) is 1. The molecule has 1 unspecified atom stereocenters. The van der Waals surface area contributed by atoms with Gasteiger partial charge in [-0.05, 0) is 18.6 Å². The van der Waals surface area contributed by atoms with E-state index in [2.05, 4.69) is 26.1 Å². The van der Waals surface area contributed by atoms with Crippen LogP contribution >= 0.6 is 15.9 Å². The van der Waals surface area contributed by atoms with Crippen LogP contribution in [0.1, 0.15) is 18.9 Å². The van der Waals surface area contributed by atoms with Gasteiger partial charge < -0.3 is 15.3 Å². The molecule has 0 spiro atoms. The van der Waals surface area contributed by atoms with Gasteiger partial charge in [-0.25, -0.2) is 0 Å². The Balaban J connectivity index is 2.39. The summed E-state index contributed by atoms with van der Waals surface area (Å²) in [5.41, 5.74) is 1.79. The lowest BCUT2D eigenvalue weighted by atomic mass is 10.1. The number of halogens is 1. The monoisotopic (exact) mass is 312 g/mol. The molecule has 1 aliphatic rings. The molecule has 1 heterocycles. The Morgan fingerprint density at radius 1 is 1.56 bits per heavy atom. The molecule has 1 aromatic rings. The maximum atomic E-state index is 11.9. The summed E-state index contributed by atoms with van der Waals surface area (Å²) in [7, 11) is 0. The molecule has 1 saturated heterocycles. The average molecular weight is 313 g/mol. The predicted octanol–water partition coefficient (Wildman–Crippen LogP) is 1.66. The number of piperazine rings is 1. The Hall–Kier alpha value is -1.07. The van der Waals surface area contributed by atoms with Crippen LogP contribution < -0.4 is 10.2 Å². The normalized spacial score (nSPS) is 19.8. The van der Waals surface area contributed by atoms with Crippen LogP contribution in [0.5, 0.6) is 0 Å². The van der Waals surface area contributed by atoms with Crippen LogP contribution in [0, 0.1) is 0 Å². The van der Waals surface area contributed by atoms with E-state index in [1.807, 2.05) is 25.1 Å². The van der Waals surface area contributed by atoms with Gasteiger partial charge >= 0.3 is 0 Å². The van der Waals surface area contributed by atoms with E-state index in [9.17, 15) is 9.90 Å². The van der Waals surface area contributed by atoms with E-state index < -0.39 is 0 Å². The summed E-state index contributed by atoms with van der Waals surface area (Å²) in [6.45, 7) is 3.40. The Labute approximate surface area is 115 Å². The number of anilines is 1. The first-order valence-electron chi connectivity index (χ1n) is 6.11. The van der Waals surface area contributed by atoms with Crippen molar-refractivity contribution in [1.29, 1.82) is 0 Å². The fourth-order valence-corrected chi connectivity index (χ4v) is 2.70. The number of hydrogen-bond acceptors (Lipinski definition) is 3. The Morgan fingerprint density at radius 2 is 2.33 bits per heavy atom. The van der Waals surface area contributed by atoms with Crippen molar-refractivity contribution >= 4 is 27.5 Å². The van der Waals surface area contributed by atoms with Crippen molar-refractivity contribution in [3.05, 3.63) is 28.2 Å². The van der Waals surface area contributed by atoms with Gasteiger partial charge in [0, 0.05) is 28.8 Å². The molecule has 1 fully saturated rings. The van der Waals surface area contributed by atoms with Gasteiger partial charge in [0.1, 0.15) is 6.04 Å². The van der Waals surface area contributed by atoms with Crippen molar-refractivity contribution in [3.63, 3.8) is 0 Å². The van der Waals surface area contributed by atoms with Crippen molar-refractivity contribution in [2.45, 2.75) is 26.0 Å². The van der Waals surface area contributed by atoms with Gasteiger partial charge in [0.15, 0.2) is 0 Å². The molecule has 5 heteroatoms. The second-order valence-electron chi connectivity index (χ2n) is 4.34. The van der Waals surface area contributed by atoms with Gasteiger partial charge in [-0.2, -0.15) is 0 Å². The SMILES string of the molecule is CCC1C(=O)NCCN1c1cc(Br)ccc1CO. The summed E-state index contributed by atoms with van der Waals surface area (Å²) in [6, 6.07) is 5.60. The largest absolute Gasteiger partial charge is 0.392 e. The minimum Gasteiger partial charge on any atom is -0.392 e. The molecule has 1 aliphatic heterocycles. The second-order valence-corrected chi connectivity index (χ2v) is 5.26. The zero-order valence-corrected chi connectivity index (χ0v) is 11.9. The lowest BCUT2D eigenvalue weighted by Crippen LogP contribution is -2.55. The number of hydrogen-bond donors (Lipinski definition) is 2. The summed E-state index contributed by atoms with van der Waals surface area (Å²) in [5, 5.41) is 12.3. The minimum absolute atomic E-state index is 0.0167. The number of aliphatic hydroxyl groups excluding tert-OH is 1. The van der Waals surface area contributed by atoms with Crippen molar-refractivity contribution in [3.8, 4) is 0 Å². The number of nitrogens with one attached hydrogen (secondary N) is 1. The van der Waals surface area contributed by atoms with Gasteiger partial charge in [-0.15, -0.1) is 0 Å². The number of aliphatic hydroxyl groups is 1. The van der Waals surface area contributed by atoms with Crippen LogP contribution in [-0.2, 0) is 11.4 Å². The van der Waals surface area contributed by atoms with Crippen molar-refractivity contribution in [1.82, 2.24) is 5.32 Å². The molecule has 4 nitrogen and oxygen atoms in total. The van der Waals surface area contributed by atoms with E-state index in [1.54, 1.807) is 0 Å². The third-order valence-corrected chi connectivity index (χ3v) is 3.74. The topological polar surface area (TPSA) is 52.6 Å². The Morgan fingerprint density at radius 3 is 3.00 bits per heavy atom. The van der Waals surface area contributed by atoms with E-state index >= 15 is 0 Å². The molecule has 2 N–H and O–H groups in total. The minimum atomic E-state index is -0.154. The fourth-order valence-electron chi connectivity index (χ4n) is 2.35. The molecule has 2 rings (SSSR count). The molecule has 1 atom stereocenters. The van der Waals surface area contributed by atoms with Crippen molar-refractivity contribution in [2.75, 3.05) is 18.0 Å². The van der Waals surface area contributed by atoms with E-state index in [0.717, 1.165) is 28.7 Å². The van der Waals surface area contributed by atoms with Crippen LogP contribution in [0.15, 0.2) is 22.7 Å². The molecule has 98 valence electrons. The average Bonchev–Trinajstić information content (AvgIpc) is 2.38. The highest BCUT2D eigenvalue weighted by molar-refractivity contribution is 9.10. The highest BCUT2D eigenvalue weighted by Crippen LogP contribution is 2.28. The molecule has 0 aromatic heterocycles. The molecule has 1 amide bonds. The van der Waals surface area contributed by atoms with Gasteiger partial charge in [0.05, 0.1) is 6.61 Å². The van der Waals surface area contributed by atoms with Gasteiger partial charge in [0.2, 0.25) is 5.91 Å². The van der Waals surface area contributed by atoms with Gasteiger partial charge in [0.25, 0.3) is 0 Å². The molecule has 0 aliphatic carbocycles. The highest BCUT2D eigenvalue weighted by Gasteiger charge is 2.29. The molecule has 0 bridgehead atoms. The third kappa shape index (κ3) is 2.52. The summed E-state index contributed by atoms with van der Waals surface area (Å²) in [6.07, 6.45) is 0.753. The molecule has 0 saturated carbocycles. The van der Waals surface area contributed by atoms with Crippen molar-refractivity contribution < 1.29 is 9.90 Å². The summed E-state index contributed by atoms with van der Waals surface area (Å²) >= 11 is 3.44.